The quantitative estimate of drug-likeness (QED) is 0.270. The first-order valence-corrected chi connectivity index (χ1v) is 12.5. The third-order valence-corrected chi connectivity index (χ3v) is 6.62. The Bertz CT molecular complexity index is 1250. The van der Waals surface area contributed by atoms with E-state index in [2.05, 4.69) is 64.3 Å². The summed E-state index contributed by atoms with van der Waals surface area (Å²) in [5, 5.41) is 12.6. The maximum atomic E-state index is 12.8. The smallest absolute Gasteiger partial charge is 0.234 e. The Morgan fingerprint density at radius 3 is 2.45 bits per heavy atom. The fourth-order valence-electron chi connectivity index (χ4n) is 3.51. The highest BCUT2D eigenvalue weighted by molar-refractivity contribution is 9.10. The molecule has 0 aliphatic heterocycles. The minimum Gasteiger partial charge on any atom is -0.325 e. The van der Waals surface area contributed by atoms with E-state index in [0.29, 0.717) is 11.1 Å². The average Bonchev–Trinajstić information content (AvgIpc) is 3.24. The molecule has 1 aromatic heterocycles. The lowest BCUT2D eigenvalue weighted by Gasteiger charge is -2.14. The fourth-order valence-corrected chi connectivity index (χ4v) is 4.64. The summed E-state index contributed by atoms with van der Waals surface area (Å²) in [5.74, 6) is 1.19. The molecule has 0 atom stereocenters. The Hall–Kier alpha value is -2.90. The summed E-state index contributed by atoms with van der Waals surface area (Å²) >= 11 is 4.89. The molecule has 4 aromatic rings. The van der Waals surface area contributed by atoms with Crippen LogP contribution in [0.2, 0.25) is 0 Å². The molecule has 1 N–H and O–H groups in total. The number of hydrogen-bond acceptors (Lipinski definition) is 4. The molecule has 0 radical (unpaired) electrons. The summed E-state index contributed by atoms with van der Waals surface area (Å²) in [7, 11) is 0. The first kappa shape index (κ1) is 23.3. The van der Waals surface area contributed by atoms with Crippen LogP contribution < -0.4 is 5.32 Å². The molecule has 0 fully saturated rings. The van der Waals surface area contributed by atoms with Crippen molar-refractivity contribution in [2.45, 2.75) is 31.8 Å². The summed E-state index contributed by atoms with van der Waals surface area (Å²) in [5.41, 5.74) is 5.04. The molecule has 33 heavy (non-hydrogen) atoms. The van der Waals surface area contributed by atoms with Crippen LogP contribution in [0.25, 0.3) is 17.1 Å². The molecule has 0 unspecified atom stereocenters. The van der Waals surface area contributed by atoms with Gasteiger partial charge in [-0.3, -0.25) is 9.36 Å². The molecule has 1 heterocycles. The second kappa shape index (κ2) is 10.4. The van der Waals surface area contributed by atoms with Crippen molar-refractivity contribution in [3.05, 3.63) is 88.4 Å². The van der Waals surface area contributed by atoms with Gasteiger partial charge in [0.05, 0.1) is 5.75 Å². The van der Waals surface area contributed by atoms with E-state index in [0.717, 1.165) is 32.8 Å². The van der Waals surface area contributed by atoms with Crippen LogP contribution in [0, 0.1) is 6.92 Å². The molecular formula is C26H25BrN4OS. The van der Waals surface area contributed by atoms with Crippen molar-refractivity contribution >= 4 is 39.3 Å². The Morgan fingerprint density at radius 1 is 1.03 bits per heavy atom. The summed E-state index contributed by atoms with van der Waals surface area (Å²) in [6.07, 6.45) is 0. The lowest BCUT2D eigenvalue weighted by atomic mass is 10.0. The normalized spacial score (nSPS) is 11.1. The number of hydrogen-bond donors (Lipinski definition) is 1. The molecular weight excluding hydrogens is 496 g/mol. The molecule has 4 rings (SSSR count). The number of aryl methyl sites for hydroxylation is 1. The SMILES string of the molecule is Cc1ccc(-n2c(SCC(=O)Nc3ccc(Br)cc3C(C)C)nnc2-c2ccccc2)cc1. The first-order valence-electron chi connectivity index (χ1n) is 10.7. The van der Waals surface area contributed by atoms with E-state index in [1.165, 1.54) is 17.3 Å². The summed E-state index contributed by atoms with van der Waals surface area (Å²) in [6.45, 7) is 6.28. The Morgan fingerprint density at radius 2 is 1.76 bits per heavy atom. The van der Waals surface area contributed by atoms with Crippen molar-refractivity contribution in [2.24, 2.45) is 0 Å². The van der Waals surface area contributed by atoms with Crippen LogP contribution in [0.1, 0.15) is 30.9 Å². The number of amides is 1. The molecule has 0 aliphatic carbocycles. The zero-order valence-electron chi connectivity index (χ0n) is 18.7. The van der Waals surface area contributed by atoms with Gasteiger partial charge in [-0.2, -0.15) is 0 Å². The van der Waals surface area contributed by atoms with Crippen molar-refractivity contribution in [3.63, 3.8) is 0 Å². The summed E-state index contributed by atoms with van der Waals surface area (Å²) < 4.78 is 3.00. The number of nitrogens with zero attached hydrogens (tertiary/aromatic N) is 3. The number of carbonyl (C=O) groups is 1. The Kier molecular flexibility index (Phi) is 7.30. The topological polar surface area (TPSA) is 59.8 Å². The van der Waals surface area contributed by atoms with Crippen LogP contribution in [0.5, 0.6) is 0 Å². The van der Waals surface area contributed by atoms with Crippen LogP contribution >= 0.6 is 27.7 Å². The number of rotatable bonds is 7. The number of nitrogens with one attached hydrogen (secondary N) is 1. The number of anilines is 1. The van der Waals surface area contributed by atoms with Gasteiger partial charge >= 0.3 is 0 Å². The maximum Gasteiger partial charge on any atom is 0.234 e. The van der Waals surface area contributed by atoms with Gasteiger partial charge in [-0.25, -0.2) is 0 Å². The molecule has 3 aromatic carbocycles. The molecule has 0 saturated carbocycles. The maximum absolute atomic E-state index is 12.8. The van der Waals surface area contributed by atoms with Gasteiger partial charge in [0, 0.05) is 21.4 Å². The minimum atomic E-state index is -0.0797. The van der Waals surface area contributed by atoms with Gasteiger partial charge in [0.15, 0.2) is 11.0 Å². The number of benzene rings is 3. The fraction of sp³-hybridized carbons (Fsp3) is 0.192. The second-order valence-corrected chi connectivity index (χ2v) is 9.92. The van der Waals surface area contributed by atoms with E-state index in [-0.39, 0.29) is 11.7 Å². The van der Waals surface area contributed by atoms with Gasteiger partial charge in [-0.1, -0.05) is 89.6 Å². The zero-order valence-corrected chi connectivity index (χ0v) is 21.2. The second-order valence-electron chi connectivity index (χ2n) is 8.07. The van der Waals surface area contributed by atoms with Gasteiger partial charge in [-0.15, -0.1) is 10.2 Å². The van der Waals surface area contributed by atoms with Gasteiger partial charge < -0.3 is 5.32 Å². The first-order chi connectivity index (χ1) is 15.9. The predicted molar refractivity (Wildman–Crippen MR) is 139 cm³/mol. The van der Waals surface area contributed by atoms with Crippen LogP contribution in [0.15, 0.2) is 82.4 Å². The molecule has 0 spiro atoms. The highest BCUT2D eigenvalue weighted by Crippen LogP contribution is 2.30. The van der Waals surface area contributed by atoms with Crippen LogP contribution in [0.4, 0.5) is 5.69 Å². The standard InChI is InChI=1S/C26H25BrN4OS/c1-17(2)22-15-20(27)11-14-23(22)28-24(32)16-33-26-30-29-25(19-7-5-4-6-8-19)31(26)21-12-9-18(3)10-13-21/h4-15,17H,16H2,1-3H3,(H,28,32). The van der Waals surface area contributed by atoms with E-state index >= 15 is 0 Å². The summed E-state index contributed by atoms with van der Waals surface area (Å²) in [4.78, 5) is 12.8. The largest absolute Gasteiger partial charge is 0.325 e. The van der Waals surface area contributed by atoms with E-state index in [9.17, 15) is 4.79 Å². The van der Waals surface area contributed by atoms with Crippen molar-refractivity contribution in [2.75, 3.05) is 11.1 Å². The zero-order chi connectivity index (χ0) is 23.4. The number of halogens is 1. The number of aromatic nitrogens is 3. The number of thioether (sulfide) groups is 1. The monoisotopic (exact) mass is 520 g/mol. The minimum absolute atomic E-state index is 0.0797. The molecule has 5 nitrogen and oxygen atoms in total. The van der Waals surface area contributed by atoms with E-state index in [1.54, 1.807) is 0 Å². The molecule has 0 aliphatic rings. The van der Waals surface area contributed by atoms with Crippen LogP contribution in [-0.4, -0.2) is 26.4 Å². The van der Waals surface area contributed by atoms with Crippen molar-refractivity contribution in [3.8, 4) is 17.1 Å². The van der Waals surface area contributed by atoms with E-state index < -0.39 is 0 Å². The van der Waals surface area contributed by atoms with E-state index in [1.807, 2.05) is 65.2 Å². The number of carbonyl (C=O) groups excluding carboxylic acids is 1. The van der Waals surface area contributed by atoms with Crippen LogP contribution in [0.3, 0.4) is 0 Å². The molecule has 168 valence electrons. The average molecular weight is 521 g/mol. The molecule has 7 heteroatoms. The van der Waals surface area contributed by atoms with Gasteiger partial charge in [0.25, 0.3) is 0 Å². The Balaban J connectivity index is 1.58. The van der Waals surface area contributed by atoms with Crippen LogP contribution in [-0.2, 0) is 4.79 Å². The van der Waals surface area contributed by atoms with Gasteiger partial charge in [-0.05, 0) is 48.7 Å². The third-order valence-electron chi connectivity index (χ3n) is 5.20. The van der Waals surface area contributed by atoms with Gasteiger partial charge in [0.2, 0.25) is 5.91 Å². The molecule has 1 amide bonds. The van der Waals surface area contributed by atoms with E-state index in [4.69, 9.17) is 0 Å². The Labute approximate surface area is 206 Å². The highest BCUT2D eigenvalue weighted by atomic mass is 79.9. The lowest BCUT2D eigenvalue weighted by molar-refractivity contribution is -0.113. The van der Waals surface area contributed by atoms with Gasteiger partial charge in [0.1, 0.15) is 0 Å². The molecule has 0 saturated heterocycles. The summed E-state index contributed by atoms with van der Waals surface area (Å²) in [6, 6.07) is 24.1. The highest BCUT2D eigenvalue weighted by Gasteiger charge is 2.18. The predicted octanol–water partition coefficient (Wildman–Crippen LogP) is 6.86. The molecule has 0 bridgehead atoms. The van der Waals surface area contributed by atoms with Crippen molar-refractivity contribution in [1.29, 1.82) is 0 Å². The third kappa shape index (κ3) is 5.54. The van der Waals surface area contributed by atoms with Crippen molar-refractivity contribution in [1.82, 2.24) is 14.8 Å². The lowest BCUT2D eigenvalue weighted by Crippen LogP contribution is -2.16. The van der Waals surface area contributed by atoms with Crippen molar-refractivity contribution < 1.29 is 4.79 Å².